The van der Waals surface area contributed by atoms with E-state index >= 15 is 0 Å². The molecule has 0 fully saturated rings. The number of fused-ring (bicyclic) bond motifs is 1. The van der Waals surface area contributed by atoms with Crippen LogP contribution in [0.4, 0.5) is 18.9 Å². The van der Waals surface area contributed by atoms with Crippen molar-refractivity contribution in [3.63, 3.8) is 0 Å². The Morgan fingerprint density at radius 2 is 1.70 bits per heavy atom. The van der Waals surface area contributed by atoms with Crippen molar-refractivity contribution in [2.75, 3.05) is 10.7 Å². The van der Waals surface area contributed by atoms with Gasteiger partial charge in [-0.05, 0) is 35.9 Å². The summed E-state index contributed by atoms with van der Waals surface area (Å²) in [6.45, 7) is 5.63. The molecule has 1 amide bonds. The van der Waals surface area contributed by atoms with Gasteiger partial charge in [-0.1, -0.05) is 32.9 Å². The Kier molecular flexibility index (Phi) is 6.57. The van der Waals surface area contributed by atoms with E-state index in [1.807, 2.05) is 20.8 Å². The molecule has 0 saturated heterocycles. The molecular weight excluding hydrogens is 551 g/mol. The highest BCUT2D eigenvalue weighted by atomic mass is 32.2. The number of aromatic nitrogens is 3. The topological polar surface area (TPSA) is 145 Å². The van der Waals surface area contributed by atoms with Crippen LogP contribution in [0.3, 0.4) is 0 Å². The first-order valence-corrected chi connectivity index (χ1v) is 13.7. The fraction of sp³-hybridized carbons (Fsp3) is 0.308. The van der Waals surface area contributed by atoms with Gasteiger partial charge in [0.05, 0.1) is 28.9 Å². The van der Waals surface area contributed by atoms with Gasteiger partial charge in [0.2, 0.25) is 23.6 Å². The van der Waals surface area contributed by atoms with Crippen LogP contribution in [0.1, 0.15) is 37.9 Å². The van der Waals surface area contributed by atoms with Crippen molar-refractivity contribution in [2.45, 2.75) is 49.8 Å². The average molecular weight is 576 g/mol. The molecule has 1 aliphatic heterocycles. The molecule has 10 nitrogen and oxygen atoms in total. The Bertz CT molecular complexity index is 1690. The van der Waals surface area contributed by atoms with Gasteiger partial charge in [0.1, 0.15) is 6.26 Å². The first-order valence-electron chi connectivity index (χ1n) is 12.0. The summed E-state index contributed by atoms with van der Waals surface area (Å²) in [5.41, 5.74) is 5.76. The number of nitrogens with zero attached hydrogens (tertiary/aromatic N) is 4. The van der Waals surface area contributed by atoms with Crippen LogP contribution in [-0.2, 0) is 32.8 Å². The third-order valence-electron chi connectivity index (χ3n) is 6.22. The van der Waals surface area contributed by atoms with Gasteiger partial charge < -0.3 is 19.5 Å². The summed E-state index contributed by atoms with van der Waals surface area (Å²) in [6.07, 6.45) is -4.11. The van der Waals surface area contributed by atoms with Crippen molar-refractivity contribution in [3.05, 3.63) is 65.9 Å². The van der Waals surface area contributed by atoms with Crippen molar-refractivity contribution >= 4 is 21.4 Å². The van der Waals surface area contributed by atoms with E-state index in [4.69, 9.17) is 14.6 Å². The zero-order valence-corrected chi connectivity index (χ0v) is 22.4. The van der Waals surface area contributed by atoms with Crippen molar-refractivity contribution in [2.24, 2.45) is 5.73 Å². The van der Waals surface area contributed by atoms with Gasteiger partial charge in [0, 0.05) is 16.5 Å². The molecule has 3 heterocycles. The van der Waals surface area contributed by atoms with Gasteiger partial charge in [0.15, 0.2) is 15.5 Å². The summed E-state index contributed by atoms with van der Waals surface area (Å²) >= 11 is 0. The molecule has 40 heavy (non-hydrogen) atoms. The van der Waals surface area contributed by atoms with E-state index < -0.39 is 44.8 Å². The number of benzene rings is 2. The first kappa shape index (κ1) is 27.5. The van der Waals surface area contributed by atoms with Crippen LogP contribution < -0.4 is 10.6 Å². The Labute approximate surface area is 226 Å². The fourth-order valence-corrected chi connectivity index (χ4v) is 5.68. The van der Waals surface area contributed by atoms with Gasteiger partial charge in [-0.3, -0.25) is 4.79 Å². The van der Waals surface area contributed by atoms with Crippen molar-refractivity contribution in [3.8, 4) is 22.9 Å². The third-order valence-corrected chi connectivity index (χ3v) is 8.03. The number of sulfone groups is 1. The zero-order chi connectivity index (χ0) is 29.0. The van der Waals surface area contributed by atoms with E-state index in [1.165, 1.54) is 35.2 Å². The van der Waals surface area contributed by atoms with E-state index in [1.54, 1.807) is 12.1 Å². The minimum absolute atomic E-state index is 0.0742. The standard InChI is InChI=1S/C26H24F3N5O5S/c1-25(2,3)24-33-32-22(39-24)16-8-9-19-18(10-16)34(23(35)17(30)13-40(19,36)37)11-14-4-6-15(7-5-14)21-31-20(12-38-21)26(27,28)29/h4-10,12,17H,11,13,30H2,1-3H3/t17-/m0/s1. The molecular formula is C26H24F3N5O5S. The summed E-state index contributed by atoms with van der Waals surface area (Å²) in [5.74, 6) is -0.879. The number of carbonyl (C=O) groups is 1. The SMILES string of the molecule is CC(C)(C)c1nnc(-c2ccc3c(c2)N(Cc2ccc(-c4nc(C(F)(F)F)co4)cc2)C(=O)[C@@H](N)CS3(=O)=O)o1. The lowest BCUT2D eigenvalue weighted by molar-refractivity contribution is -0.141. The number of halogens is 3. The molecule has 0 radical (unpaired) electrons. The number of oxazole rings is 1. The largest absolute Gasteiger partial charge is 0.444 e. The summed E-state index contributed by atoms with van der Waals surface area (Å²) in [7, 11) is -3.92. The van der Waals surface area contributed by atoms with E-state index in [9.17, 15) is 26.4 Å². The second-order valence-corrected chi connectivity index (χ2v) is 12.4. The van der Waals surface area contributed by atoms with Crippen LogP contribution in [0.2, 0.25) is 0 Å². The molecule has 2 N–H and O–H groups in total. The fourth-order valence-electron chi connectivity index (χ4n) is 4.12. The van der Waals surface area contributed by atoms with Crippen molar-refractivity contribution < 1.29 is 35.2 Å². The van der Waals surface area contributed by atoms with Crippen LogP contribution in [0.5, 0.6) is 0 Å². The van der Waals surface area contributed by atoms with Crippen LogP contribution in [0.15, 0.2) is 62.5 Å². The summed E-state index contributed by atoms with van der Waals surface area (Å²) in [4.78, 5) is 18.0. The number of hydrogen-bond donors (Lipinski definition) is 1. The molecule has 5 rings (SSSR count). The van der Waals surface area contributed by atoms with Crippen LogP contribution in [0.25, 0.3) is 22.9 Å². The van der Waals surface area contributed by atoms with Crippen LogP contribution in [0, 0.1) is 0 Å². The van der Waals surface area contributed by atoms with Gasteiger partial charge in [-0.15, -0.1) is 10.2 Å². The number of nitrogens with two attached hydrogens (primary N) is 1. The molecule has 0 unspecified atom stereocenters. The smallest absolute Gasteiger partial charge is 0.436 e. The summed E-state index contributed by atoms with van der Waals surface area (Å²) in [5, 5.41) is 8.15. The maximum atomic E-state index is 13.3. The number of amides is 1. The zero-order valence-electron chi connectivity index (χ0n) is 21.6. The van der Waals surface area contributed by atoms with Crippen molar-refractivity contribution in [1.82, 2.24) is 15.2 Å². The van der Waals surface area contributed by atoms with Gasteiger partial charge in [-0.25, -0.2) is 13.4 Å². The van der Waals surface area contributed by atoms with Crippen LogP contribution in [-0.4, -0.2) is 41.3 Å². The number of hydrogen-bond acceptors (Lipinski definition) is 9. The van der Waals surface area contributed by atoms with Crippen molar-refractivity contribution in [1.29, 1.82) is 0 Å². The maximum absolute atomic E-state index is 13.3. The molecule has 14 heteroatoms. The molecule has 2 aromatic heterocycles. The molecule has 0 bridgehead atoms. The first-order chi connectivity index (χ1) is 18.6. The maximum Gasteiger partial charge on any atom is 0.436 e. The van der Waals surface area contributed by atoms with E-state index in [-0.39, 0.29) is 34.5 Å². The van der Waals surface area contributed by atoms with Gasteiger partial charge in [-0.2, -0.15) is 13.2 Å². The molecule has 1 aliphatic rings. The Morgan fingerprint density at radius 1 is 1.02 bits per heavy atom. The van der Waals surface area contributed by atoms with E-state index in [2.05, 4.69) is 15.2 Å². The average Bonchev–Trinajstić information content (AvgIpc) is 3.56. The normalized spacial score (nSPS) is 17.5. The lowest BCUT2D eigenvalue weighted by Gasteiger charge is -2.24. The van der Waals surface area contributed by atoms with Gasteiger partial charge >= 0.3 is 6.18 Å². The molecule has 210 valence electrons. The molecule has 2 aromatic carbocycles. The number of rotatable bonds is 4. The lowest BCUT2D eigenvalue weighted by atomic mass is 9.97. The monoisotopic (exact) mass is 575 g/mol. The second kappa shape index (κ2) is 9.55. The quantitative estimate of drug-likeness (QED) is 0.375. The predicted molar refractivity (Wildman–Crippen MR) is 137 cm³/mol. The molecule has 4 aromatic rings. The highest BCUT2D eigenvalue weighted by Crippen LogP contribution is 2.36. The van der Waals surface area contributed by atoms with E-state index in [0.29, 0.717) is 23.3 Å². The number of carbonyl (C=O) groups excluding carboxylic acids is 1. The molecule has 0 saturated carbocycles. The second-order valence-electron chi connectivity index (χ2n) is 10.4. The van der Waals surface area contributed by atoms with E-state index in [0.717, 1.165) is 0 Å². The Hall–Kier alpha value is -4.04. The minimum Gasteiger partial charge on any atom is -0.444 e. The number of alkyl halides is 3. The highest BCUT2D eigenvalue weighted by Gasteiger charge is 2.37. The Morgan fingerprint density at radius 3 is 2.30 bits per heavy atom. The summed E-state index contributed by atoms with van der Waals surface area (Å²) in [6, 6.07) is 9.20. The highest BCUT2D eigenvalue weighted by molar-refractivity contribution is 7.91. The molecule has 1 atom stereocenters. The summed E-state index contributed by atoms with van der Waals surface area (Å²) < 4.78 is 75.6. The third kappa shape index (κ3) is 5.23. The van der Waals surface area contributed by atoms with Gasteiger partial charge in [0.25, 0.3) is 0 Å². The Balaban J connectivity index is 1.51. The minimum atomic E-state index is -4.64. The molecule has 0 aliphatic carbocycles. The number of anilines is 1. The molecule has 0 spiro atoms. The predicted octanol–water partition coefficient (Wildman–Crippen LogP) is 4.36. The lowest BCUT2D eigenvalue weighted by Crippen LogP contribution is -2.45. The van der Waals surface area contributed by atoms with Crippen LogP contribution >= 0.6 is 0 Å².